The molecular formula is C52H41N3O. The lowest BCUT2D eigenvalue weighted by Crippen LogP contribution is -2.40. The van der Waals surface area contributed by atoms with E-state index in [2.05, 4.69) is 192 Å². The van der Waals surface area contributed by atoms with Crippen molar-refractivity contribution in [2.75, 3.05) is 5.32 Å². The molecule has 270 valence electrons. The summed E-state index contributed by atoms with van der Waals surface area (Å²) in [6.45, 7) is 0. The van der Waals surface area contributed by atoms with E-state index in [1.807, 2.05) is 18.2 Å². The smallest absolute Gasteiger partial charge is 0.136 e. The number of hydrogen-bond donors (Lipinski definition) is 3. The van der Waals surface area contributed by atoms with E-state index in [9.17, 15) is 0 Å². The van der Waals surface area contributed by atoms with Gasteiger partial charge in [-0.05, 0) is 106 Å². The van der Waals surface area contributed by atoms with Crippen LogP contribution in [-0.4, -0.2) is 0 Å². The number of fused-ring (bicyclic) bond motifs is 3. The largest absolute Gasteiger partial charge is 0.456 e. The van der Waals surface area contributed by atoms with Crippen LogP contribution in [0.15, 0.2) is 210 Å². The normalized spacial score (nSPS) is 16.6. The Morgan fingerprint density at radius 2 is 1.29 bits per heavy atom. The number of benzene rings is 7. The lowest BCUT2D eigenvalue weighted by atomic mass is 9.93. The third-order valence-corrected chi connectivity index (χ3v) is 11.0. The van der Waals surface area contributed by atoms with E-state index in [0.29, 0.717) is 0 Å². The summed E-state index contributed by atoms with van der Waals surface area (Å²) in [5.41, 5.74) is 15.9. The first-order valence-corrected chi connectivity index (χ1v) is 19.5. The van der Waals surface area contributed by atoms with Crippen LogP contribution in [0.1, 0.15) is 36.2 Å². The van der Waals surface area contributed by atoms with Gasteiger partial charge in [0, 0.05) is 33.4 Å². The predicted octanol–water partition coefficient (Wildman–Crippen LogP) is 13.4. The van der Waals surface area contributed by atoms with Gasteiger partial charge < -0.3 is 15.1 Å². The lowest BCUT2D eigenvalue weighted by molar-refractivity contribution is 0.418. The zero-order valence-electron chi connectivity index (χ0n) is 31.0. The van der Waals surface area contributed by atoms with Crippen LogP contribution < -0.4 is 16.0 Å². The van der Waals surface area contributed by atoms with Gasteiger partial charge in [0.15, 0.2) is 0 Å². The first-order valence-electron chi connectivity index (χ1n) is 19.5. The molecule has 10 rings (SSSR count). The third kappa shape index (κ3) is 6.61. The van der Waals surface area contributed by atoms with Crippen LogP contribution in [-0.2, 0) is 0 Å². The van der Waals surface area contributed by atoms with Gasteiger partial charge >= 0.3 is 0 Å². The minimum Gasteiger partial charge on any atom is -0.456 e. The van der Waals surface area contributed by atoms with Crippen molar-refractivity contribution in [3.05, 3.63) is 217 Å². The van der Waals surface area contributed by atoms with E-state index in [1.165, 1.54) is 39.1 Å². The van der Waals surface area contributed by atoms with E-state index in [4.69, 9.17) is 4.42 Å². The maximum atomic E-state index is 6.16. The molecule has 0 fully saturated rings. The summed E-state index contributed by atoms with van der Waals surface area (Å²) in [6, 6.07) is 60.4. The summed E-state index contributed by atoms with van der Waals surface area (Å²) in [7, 11) is 0. The zero-order chi connectivity index (χ0) is 37.3. The average Bonchev–Trinajstić information content (AvgIpc) is 3.67. The standard InChI is InChI=1S/C52H41N3O/c1-3-14-36(15-4-1)47-34-48(37-16-5-2-6-17-37)55-52(54-47)41-21-12-19-39(33-41)38-18-11-20-40(32-38)43-22-7-9-25-46(43)53-42-30-28-35(29-31-42)44-24-13-27-50-51(44)45-23-8-10-26-49(45)56-50/h1-5,7-16,18-34,47,52-55H,6,17H2. The van der Waals surface area contributed by atoms with E-state index in [0.717, 1.165) is 62.8 Å². The van der Waals surface area contributed by atoms with Crippen LogP contribution in [0.2, 0.25) is 0 Å². The molecule has 0 spiro atoms. The summed E-state index contributed by atoms with van der Waals surface area (Å²) in [4.78, 5) is 0. The van der Waals surface area contributed by atoms with Crippen molar-refractivity contribution in [3.63, 3.8) is 0 Å². The third-order valence-electron chi connectivity index (χ3n) is 11.0. The Morgan fingerprint density at radius 3 is 2.16 bits per heavy atom. The predicted molar refractivity (Wildman–Crippen MR) is 232 cm³/mol. The molecule has 1 aromatic heterocycles. The van der Waals surface area contributed by atoms with E-state index in [-0.39, 0.29) is 12.2 Å². The first-order chi connectivity index (χ1) is 27.7. The van der Waals surface area contributed by atoms with Crippen molar-refractivity contribution >= 4 is 33.3 Å². The van der Waals surface area contributed by atoms with Crippen LogP contribution >= 0.6 is 0 Å². The van der Waals surface area contributed by atoms with Crippen molar-refractivity contribution in [2.24, 2.45) is 0 Å². The number of anilines is 2. The zero-order valence-corrected chi connectivity index (χ0v) is 31.0. The first kappa shape index (κ1) is 33.7. The molecule has 2 atom stereocenters. The highest BCUT2D eigenvalue weighted by atomic mass is 16.3. The lowest BCUT2D eigenvalue weighted by Gasteiger charge is -2.34. The minimum atomic E-state index is -0.0431. The van der Waals surface area contributed by atoms with Gasteiger partial charge in [0.25, 0.3) is 0 Å². The molecule has 4 heteroatoms. The molecule has 0 bridgehead atoms. The molecule has 0 radical (unpaired) electrons. The summed E-state index contributed by atoms with van der Waals surface area (Å²) < 4.78 is 6.16. The van der Waals surface area contributed by atoms with Gasteiger partial charge in [0.1, 0.15) is 17.3 Å². The summed E-state index contributed by atoms with van der Waals surface area (Å²) in [5.74, 6) is 0. The van der Waals surface area contributed by atoms with Gasteiger partial charge in [-0.25, -0.2) is 0 Å². The molecule has 0 amide bonds. The quantitative estimate of drug-likeness (QED) is 0.146. The number of hydrogen-bond acceptors (Lipinski definition) is 4. The van der Waals surface area contributed by atoms with Crippen LogP contribution in [0.5, 0.6) is 0 Å². The molecule has 3 N–H and O–H groups in total. The van der Waals surface area contributed by atoms with E-state index >= 15 is 0 Å². The average molecular weight is 724 g/mol. The van der Waals surface area contributed by atoms with Crippen LogP contribution in [0.4, 0.5) is 11.4 Å². The molecule has 0 saturated carbocycles. The van der Waals surface area contributed by atoms with Gasteiger partial charge in [-0.1, -0.05) is 146 Å². The van der Waals surface area contributed by atoms with Crippen molar-refractivity contribution in [1.82, 2.24) is 10.6 Å². The fourth-order valence-corrected chi connectivity index (χ4v) is 8.21. The molecule has 4 nitrogen and oxygen atoms in total. The maximum Gasteiger partial charge on any atom is 0.136 e. The summed E-state index contributed by atoms with van der Waals surface area (Å²) in [6.07, 6.45) is 11.1. The Balaban J connectivity index is 0.919. The second-order valence-electron chi connectivity index (χ2n) is 14.6. The van der Waals surface area contributed by atoms with E-state index in [1.54, 1.807) is 0 Å². The minimum absolute atomic E-state index is 0.0431. The summed E-state index contributed by atoms with van der Waals surface area (Å²) in [5, 5.41) is 13.7. The topological polar surface area (TPSA) is 49.2 Å². The Hall–Kier alpha value is -6.88. The van der Waals surface area contributed by atoms with Gasteiger partial charge in [0.05, 0.1) is 6.04 Å². The van der Waals surface area contributed by atoms with Crippen molar-refractivity contribution in [3.8, 4) is 33.4 Å². The SMILES string of the molecule is C1=CCCC(C2=CC(c3ccccc3)NC(c3cccc(-c4cccc(-c5ccccc5Nc5ccc(-c6cccc7oc8ccccc8c67)cc5)c4)c3)N2)=C1. The van der Waals surface area contributed by atoms with Gasteiger partial charge in [-0.15, -0.1) is 0 Å². The van der Waals surface area contributed by atoms with Crippen LogP contribution in [0.25, 0.3) is 55.3 Å². The number of nitrogens with one attached hydrogen (secondary N) is 3. The summed E-state index contributed by atoms with van der Waals surface area (Å²) >= 11 is 0. The Labute approximate surface area is 327 Å². The Kier molecular flexibility index (Phi) is 8.87. The van der Waals surface area contributed by atoms with Gasteiger partial charge in [-0.3, -0.25) is 5.32 Å². The maximum absolute atomic E-state index is 6.16. The molecule has 2 unspecified atom stereocenters. The molecular weight excluding hydrogens is 683 g/mol. The molecule has 8 aromatic rings. The second-order valence-corrected chi connectivity index (χ2v) is 14.6. The molecule has 2 aliphatic rings. The molecule has 0 saturated heterocycles. The molecule has 7 aromatic carbocycles. The highest BCUT2D eigenvalue weighted by Crippen LogP contribution is 2.38. The van der Waals surface area contributed by atoms with E-state index < -0.39 is 0 Å². The van der Waals surface area contributed by atoms with Crippen molar-refractivity contribution in [2.45, 2.75) is 25.0 Å². The number of para-hydroxylation sites is 2. The Bertz CT molecular complexity index is 2790. The van der Waals surface area contributed by atoms with Crippen molar-refractivity contribution in [1.29, 1.82) is 0 Å². The van der Waals surface area contributed by atoms with Gasteiger partial charge in [-0.2, -0.15) is 0 Å². The number of furan rings is 1. The second kappa shape index (κ2) is 14.7. The molecule has 1 aliphatic carbocycles. The fraction of sp³-hybridized carbons (Fsp3) is 0.0769. The van der Waals surface area contributed by atoms with Crippen LogP contribution in [0.3, 0.4) is 0 Å². The fourth-order valence-electron chi connectivity index (χ4n) is 8.21. The highest BCUT2D eigenvalue weighted by molar-refractivity contribution is 6.12. The molecule has 56 heavy (non-hydrogen) atoms. The van der Waals surface area contributed by atoms with Crippen molar-refractivity contribution < 1.29 is 4.42 Å². The molecule has 2 heterocycles. The van der Waals surface area contributed by atoms with Crippen LogP contribution in [0, 0.1) is 0 Å². The number of allylic oxidation sites excluding steroid dienone is 4. The number of rotatable bonds is 8. The Morgan fingerprint density at radius 1 is 0.571 bits per heavy atom. The monoisotopic (exact) mass is 723 g/mol. The molecule has 1 aliphatic heterocycles. The van der Waals surface area contributed by atoms with Gasteiger partial charge in [0.2, 0.25) is 0 Å². The highest BCUT2D eigenvalue weighted by Gasteiger charge is 2.25.